The first-order valence-corrected chi connectivity index (χ1v) is 17.0. The summed E-state index contributed by atoms with van der Waals surface area (Å²) in [6.45, 7) is 21.5. The Morgan fingerprint density at radius 1 is 0.667 bits per heavy atom. The molecule has 0 spiro atoms. The van der Waals surface area contributed by atoms with Gasteiger partial charge in [0, 0.05) is 22.2 Å². The van der Waals surface area contributed by atoms with Crippen molar-refractivity contribution < 1.29 is 20.4 Å². The summed E-state index contributed by atoms with van der Waals surface area (Å²) >= 11 is 6.00. The maximum atomic E-state index is 11.1. The van der Waals surface area contributed by atoms with Gasteiger partial charge in [0.1, 0.15) is 0 Å². The minimum absolute atomic E-state index is 0.0214. The Morgan fingerprint density at radius 3 is 1.83 bits per heavy atom. The van der Waals surface area contributed by atoms with Crippen LogP contribution in [0.25, 0.3) is 33.4 Å². The monoisotopic (exact) mass is 668 g/mol. The van der Waals surface area contributed by atoms with Crippen LogP contribution in [0, 0.1) is 6.92 Å². The summed E-state index contributed by atoms with van der Waals surface area (Å²) in [6.07, 6.45) is 1.97. The molecule has 0 aliphatic heterocycles. The third-order valence-corrected chi connectivity index (χ3v) is 9.83. The van der Waals surface area contributed by atoms with Gasteiger partial charge in [0.25, 0.3) is 5.52 Å². The zero-order valence-electron chi connectivity index (χ0n) is 29.8. The molecule has 4 N–H and O–H groups in total. The first-order chi connectivity index (χ1) is 22.4. The predicted molar refractivity (Wildman–Crippen MR) is 194 cm³/mol. The van der Waals surface area contributed by atoms with E-state index in [0.29, 0.717) is 22.1 Å². The minimum Gasteiger partial charge on any atom is -0.505 e. The number of nitrogens with zero attached hydrogens (tertiary/aromatic N) is 4. The molecule has 6 aromatic rings. The van der Waals surface area contributed by atoms with Crippen molar-refractivity contribution in [2.24, 2.45) is 0 Å². The summed E-state index contributed by atoms with van der Waals surface area (Å²) < 4.78 is 0. The highest BCUT2D eigenvalue weighted by atomic mass is 35.5. The fraction of sp³-hybridized carbons (Fsp3) is 0.385. The van der Waals surface area contributed by atoms with Crippen molar-refractivity contribution in [1.82, 2.24) is 19.8 Å². The number of hydrogen-bond donors (Lipinski definition) is 2. The van der Waals surface area contributed by atoms with Gasteiger partial charge in [-0.2, -0.15) is 10.2 Å². The molecular weight excluding hydrogens is 620 g/mol. The number of phenolic OH excluding ortho intramolecular Hbond substituents is 2. The van der Waals surface area contributed by atoms with Crippen LogP contribution in [0.15, 0.2) is 66.7 Å². The molecule has 0 aliphatic rings. The van der Waals surface area contributed by atoms with Gasteiger partial charge in [-0.15, -0.1) is 0 Å². The number of aromatic nitrogens is 6. The highest BCUT2D eigenvalue weighted by Crippen LogP contribution is 2.41. The van der Waals surface area contributed by atoms with Crippen LogP contribution in [0.1, 0.15) is 97.4 Å². The molecule has 0 unspecified atom stereocenters. The number of benzene rings is 4. The number of hydrogen-bond acceptors (Lipinski definition) is 4. The number of aryl methyl sites for hydroxylation is 1. The second-order valence-electron chi connectivity index (χ2n) is 15.0. The van der Waals surface area contributed by atoms with Gasteiger partial charge in [-0.05, 0) is 93.1 Å². The summed E-state index contributed by atoms with van der Waals surface area (Å²) in [7, 11) is 0. The molecule has 6 rings (SSSR count). The van der Waals surface area contributed by atoms with Crippen molar-refractivity contribution in [3.63, 3.8) is 0 Å². The average Bonchev–Trinajstić information content (AvgIpc) is 3.65. The number of halogens is 1. The Balaban J connectivity index is 0.000000190. The molecule has 2 aromatic heterocycles. The molecule has 0 saturated carbocycles. The van der Waals surface area contributed by atoms with Crippen LogP contribution in [0.5, 0.6) is 11.5 Å². The number of fused-ring (bicyclic) bond motifs is 2. The van der Waals surface area contributed by atoms with E-state index in [-0.39, 0.29) is 22.0 Å². The second-order valence-corrected chi connectivity index (χ2v) is 15.5. The number of aromatic amines is 2. The number of para-hydroxylation sites is 1. The number of H-pyrrole nitrogens is 2. The van der Waals surface area contributed by atoms with Crippen LogP contribution in [0.4, 0.5) is 0 Å². The smallest absolute Gasteiger partial charge is 0.250 e. The molecule has 252 valence electrons. The normalized spacial score (nSPS) is 12.4. The van der Waals surface area contributed by atoms with Crippen LogP contribution in [0.3, 0.4) is 0 Å². The highest BCUT2D eigenvalue weighted by molar-refractivity contribution is 6.31. The number of aromatic hydroxyl groups is 2. The van der Waals surface area contributed by atoms with Gasteiger partial charge in [-0.25, -0.2) is 0 Å². The first-order valence-electron chi connectivity index (χ1n) is 16.6. The number of nitrogens with one attached hydrogen (secondary N) is 2. The van der Waals surface area contributed by atoms with Gasteiger partial charge in [-0.1, -0.05) is 98.2 Å². The summed E-state index contributed by atoms with van der Waals surface area (Å²) in [4.78, 5) is 3.29. The van der Waals surface area contributed by atoms with Crippen molar-refractivity contribution in [2.45, 2.75) is 98.3 Å². The molecule has 0 aliphatic carbocycles. The zero-order chi connectivity index (χ0) is 35.2. The zero-order valence-corrected chi connectivity index (χ0v) is 30.6. The Hall–Kier alpha value is -4.43. The Labute approximate surface area is 288 Å². The Kier molecular flexibility index (Phi) is 9.36. The topological polar surface area (TPSA) is 104 Å². The van der Waals surface area contributed by atoms with Gasteiger partial charge < -0.3 is 10.2 Å². The quantitative estimate of drug-likeness (QED) is 0.185. The van der Waals surface area contributed by atoms with E-state index >= 15 is 0 Å². The average molecular weight is 669 g/mol. The highest BCUT2D eigenvalue weighted by Gasteiger charge is 2.30. The standard InChI is InChI=1S/C22H29N3O.C17H18ClN3O/c1-7-21(3,4)15-13-16(22(5,6)8-2)20(26)19(14-15)25-23-17-11-9-10-12-18(17)24-25;1-10-7-12(17(2,3)4)16(22)15(8-10)21-19-13-6-5-11(18)9-14(13)20-21/h9-14,26H,7-8H2,1-6H3;5-9,22H,1-4H3/p+2. The fourth-order valence-corrected chi connectivity index (χ4v) is 5.80. The lowest BCUT2D eigenvalue weighted by Gasteiger charge is -2.30. The maximum absolute atomic E-state index is 11.1. The Bertz CT molecular complexity index is 2070. The van der Waals surface area contributed by atoms with Gasteiger partial charge in [0.05, 0.1) is 10.2 Å². The molecule has 0 radical (unpaired) electrons. The molecule has 0 atom stereocenters. The number of rotatable bonds is 6. The SMILES string of the molecule is CCC(C)(C)c1cc(-n2nc3ccccc3[nH+]2)c(O)c(C(C)(C)CC)c1.Cc1cc(-n2nc3cc(Cl)ccc3[nH+]2)c(O)c(C(C)(C)C)c1. The molecule has 0 fully saturated rings. The van der Waals surface area contributed by atoms with Crippen molar-refractivity contribution in [3.8, 4) is 22.9 Å². The molecule has 9 heteroatoms. The molecule has 48 heavy (non-hydrogen) atoms. The van der Waals surface area contributed by atoms with Crippen LogP contribution in [0.2, 0.25) is 5.02 Å². The lowest BCUT2D eigenvalue weighted by molar-refractivity contribution is -0.454. The second kappa shape index (κ2) is 12.9. The number of phenols is 2. The molecule has 8 nitrogen and oxygen atoms in total. The third kappa shape index (κ3) is 6.90. The molecule has 4 aromatic carbocycles. The van der Waals surface area contributed by atoms with Crippen molar-refractivity contribution in [1.29, 1.82) is 0 Å². The summed E-state index contributed by atoms with van der Waals surface area (Å²) in [5.74, 6) is 0.546. The van der Waals surface area contributed by atoms with E-state index in [9.17, 15) is 10.2 Å². The Morgan fingerprint density at radius 2 is 1.23 bits per heavy atom. The largest absolute Gasteiger partial charge is 0.505 e. The first kappa shape index (κ1) is 34.9. The lowest BCUT2D eigenvalue weighted by Crippen LogP contribution is -2.24. The van der Waals surface area contributed by atoms with Gasteiger partial charge in [-0.3, -0.25) is 0 Å². The summed E-state index contributed by atoms with van der Waals surface area (Å²) in [5, 5.41) is 38.0. The van der Waals surface area contributed by atoms with Crippen LogP contribution in [-0.2, 0) is 16.2 Å². The summed E-state index contributed by atoms with van der Waals surface area (Å²) in [6, 6.07) is 21.5. The van der Waals surface area contributed by atoms with E-state index in [0.717, 1.165) is 51.6 Å². The van der Waals surface area contributed by atoms with E-state index < -0.39 is 0 Å². The van der Waals surface area contributed by atoms with Gasteiger partial charge in [0.2, 0.25) is 5.52 Å². The third-order valence-electron chi connectivity index (χ3n) is 9.60. The molecule has 0 bridgehead atoms. The van der Waals surface area contributed by atoms with Crippen LogP contribution >= 0.6 is 11.6 Å². The summed E-state index contributed by atoms with van der Waals surface area (Å²) in [5.41, 5.74) is 8.70. The van der Waals surface area contributed by atoms with E-state index in [1.165, 1.54) is 5.56 Å². The molecule has 0 amide bonds. The minimum atomic E-state index is -0.152. The van der Waals surface area contributed by atoms with Crippen molar-refractivity contribution >= 4 is 33.7 Å². The molecule has 0 saturated heterocycles. The van der Waals surface area contributed by atoms with Crippen molar-refractivity contribution in [2.75, 3.05) is 0 Å². The van der Waals surface area contributed by atoms with Crippen LogP contribution < -0.4 is 10.2 Å². The molecular formula is C39H49ClN6O2+2. The van der Waals surface area contributed by atoms with E-state index in [2.05, 4.69) is 94.8 Å². The maximum Gasteiger partial charge on any atom is 0.250 e. The van der Waals surface area contributed by atoms with Gasteiger partial charge in [0.15, 0.2) is 33.9 Å². The van der Waals surface area contributed by atoms with Gasteiger partial charge >= 0.3 is 0 Å². The predicted octanol–water partition coefficient (Wildman–Crippen LogP) is 8.72. The lowest BCUT2D eigenvalue weighted by atomic mass is 9.76. The van der Waals surface area contributed by atoms with E-state index in [1.807, 2.05) is 55.5 Å². The molecule has 2 heterocycles. The van der Waals surface area contributed by atoms with E-state index in [4.69, 9.17) is 11.6 Å². The fourth-order valence-electron chi connectivity index (χ4n) is 5.63. The van der Waals surface area contributed by atoms with Crippen molar-refractivity contribution in [3.05, 3.63) is 94.0 Å². The van der Waals surface area contributed by atoms with E-state index in [1.54, 1.807) is 15.7 Å². The van der Waals surface area contributed by atoms with Crippen LogP contribution in [-0.4, -0.2) is 30.0 Å².